The van der Waals surface area contributed by atoms with Crippen molar-refractivity contribution in [3.63, 3.8) is 0 Å². The Bertz CT molecular complexity index is 1480. The molecule has 0 saturated carbocycles. The lowest BCUT2D eigenvalue weighted by Gasteiger charge is -2.28. The molecule has 10 heteroatoms. The van der Waals surface area contributed by atoms with Crippen molar-refractivity contribution >= 4 is 35.5 Å². The maximum atomic E-state index is 14.5. The molecule has 0 saturated heterocycles. The molecule has 1 aromatic heterocycles. The molecule has 0 radical (unpaired) electrons. The van der Waals surface area contributed by atoms with Crippen LogP contribution in [0, 0.1) is 22.9 Å². The van der Waals surface area contributed by atoms with Gasteiger partial charge in [-0.05, 0) is 48.0 Å². The van der Waals surface area contributed by atoms with E-state index < -0.39 is 34.4 Å². The number of carboxylic acids is 1. The Kier molecular flexibility index (Phi) is 7.47. The number of nitrogens with zero attached hydrogens (tertiary/aromatic N) is 2. The largest absolute Gasteiger partial charge is 0.478 e. The number of hydrogen-bond acceptors (Lipinski definition) is 4. The van der Waals surface area contributed by atoms with Gasteiger partial charge in [-0.1, -0.05) is 49.3 Å². The third-order valence-corrected chi connectivity index (χ3v) is 7.37. The fraction of sp³-hybridized carbons (Fsp3) is 0.148. The summed E-state index contributed by atoms with van der Waals surface area (Å²) in [5.74, 6) is -3.94. The molecule has 0 spiro atoms. The minimum atomic E-state index is -1.43. The highest BCUT2D eigenvalue weighted by molar-refractivity contribution is 7.98. The molecule has 4 aromatic rings. The number of carboxylic acid groups (broad SMARTS) is 1. The summed E-state index contributed by atoms with van der Waals surface area (Å²) >= 11 is 7.41. The van der Waals surface area contributed by atoms with E-state index in [0.717, 1.165) is 35.7 Å². The monoisotopic (exact) mass is 543 g/mol. The van der Waals surface area contributed by atoms with Gasteiger partial charge in [0.25, 0.3) is 0 Å². The zero-order valence-corrected chi connectivity index (χ0v) is 21.3. The summed E-state index contributed by atoms with van der Waals surface area (Å²) in [7, 11) is 0. The fourth-order valence-corrected chi connectivity index (χ4v) is 5.14. The van der Waals surface area contributed by atoms with Crippen molar-refractivity contribution in [1.29, 1.82) is 5.41 Å². The molecular weight excluding hydrogens is 523 g/mol. The van der Waals surface area contributed by atoms with Crippen LogP contribution < -0.4 is 0 Å². The molecule has 190 valence electrons. The maximum Gasteiger partial charge on any atom is 0.335 e. The van der Waals surface area contributed by atoms with Crippen molar-refractivity contribution in [2.24, 2.45) is 0 Å². The Labute approximate surface area is 220 Å². The summed E-state index contributed by atoms with van der Waals surface area (Å²) in [6, 6.07) is 12.7. The zero-order valence-electron chi connectivity index (χ0n) is 19.7. The fourth-order valence-electron chi connectivity index (χ4n) is 3.90. The van der Waals surface area contributed by atoms with E-state index in [1.807, 2.05) is 19.9 Å². The second kappa shape index (κ2) is 10.4. The van der Waals surface area contributed by atoms with Gasteiger partial charge in [-0.15, -0.1) is 0 Å². The van der Waals surface area contributed by atoms with Gasteiger partial charge in [-0.3, -0.25) is 4.57 Å². The predicted molar refractivity (Wildman–Crippen MR) is 138 cm³/mol. The molecule has 0 bridgehead atoms. The van der Waals surface area contributed by atoms with Gasteiger partial charge in [0.15, 0.2) is 5.16 Å². The standard InChI is InChI=1S/C27H21ClF3N3O2S/c1-27(2,17-4-3-15(12-32)21(28)11-17)24-13-33-26(34(24)19-7-5-18(29)6-8-19)37-14-20-22(30)9-16(25(35)36)10-23(20)31/h3-13,32H,14H2,1-2H3,(H,35,36). The third-order valence-electron chi connectivity index (χ3n) is 6.07. The van der Waals surface area contributed by atoms with Crippen LogP contribution in [0.25, 0.3) is 5.69 Å². The third kappa shape index (κ3) is 5.28. The van der Waals surface area contributed by atoms with Crippen molar-refractivity contribution in [3.8, 4) is 5.69 Å². The maximum absolute atomic E-state index is 14.5. The lowest BCUT2D eigenvalue weighted by atomic mass is 9.81. The predicted octanol–water partition coefficient (Wildman–Crippen LogP) is 7.26. The Balaban J connectivity index is 1.78. The number of halogens is 4. The molecule has 37 heavy (non-hydrogen) atoms. The Hall–Kier alpha value is -3.56. The molecule has 0 aliphatic heterocycles. The van der Waals surface area contributed by atoms with Crippen molar-refractivity contribution < 1.29 is 23.1 Å². The van der Waals surface area contributed by atoms with Gasteiger partial charge in [0.1, 0.15) is 17.5 Å². The number of rotatable bonds is 8. The molecule has 0 aliphatic carbocycles. The Morgan fingerprint density at radius 3 is 2.32 bits per heavy atom. The second-order valence-corrected chi connectivity index (χ2v) is 10.1. The number of thioether (sulfide) groups is 1. The van der Waals surface area contributed by atoms with Crippen molar-refractivity contribution in [3.05, 3.63) is 111 Å². The van der Waals surface area contributed by atoms with Crippen molar-refractivity contribution in [2.75, 3.05) is 0 Å². The van der Waals surface area contributed by atoms with E-state index in [0.29, 0.717) is 27.1 Å². The van der Waals surface area contributed by atoms with Crippen LogP contribution in [-0.2, 0) is 11.2 Å². The van der Waals surface area contributed by atoms with Crippen LogP contribution in [0.5, 0.6) is 0 Å². The second-order valence-electron chi connectivity index (χ2n) is 8.76. The average molecular weight is 544 g/mol. The lowest BCUT2D eigenvalue weighted by molar-refractivity contribution is 0.0695. The van der Waals surface area contributed by atoms with E-state index in [2.05, 4.69) is 4.98 Å². The van der Waals surface area contributed by atoms with Crippen molar-refractivity contribution in [2.45, 2.75) is 30.2 Å². The molecule has 3 aromatic carbocycles. The number of aromatic nitrogens is 2. The van der Waals surface area contributed by atoms with Gasteiger partial charge in [0.2, 0.25) is 0 Å². The van der Waals surface area contributed by atoms with Gasteiger partial charge < -0.3 is 10.5 Å². The minimum Gasteiger partial charge on any atom is -0.478 e. The molecule has 0 aliphatic rings. The normalized spacial score (nSPS) is 11.5. The first kappa shape index (κ1) is 26.5. The van der Waals surface area contributed by atoms with Crippen LogP contribution >= 0.6 is 23.4 Å². The topological polar surface area (TPSA) is 79.0 Å². The molecule has 1 heterocycles. The summed E-state index contributed by atoms with van der Waals surface area (Å²) in [4.78, 5) is 15.6. The van der Waals surface area contributed by atoms with Crippen molar-refractivity contribution in [1.82, 2.24) is 9.55 Å². The first-order chi connectivity index (χ1) is 17.5. The Morgan fingerprint density at radius 1 is 1.11 bits per heavy atom. The van der Waals surface area contributed by atoms with Crippen LogP contribution in [0.3, 0.4) is 0 Å². The van der Waals surface area contributed by atoms with Crippen LogP contribution in [0.15, 0.2) is 66.0 Å². The number of benzene rings is 3. The smallest absolute Gasteiger partial charge is 0.335 e. The molecule has 0 fully saturated rings. The first-order valence-electron chi connectivity index (χ1n) is 11.0. The highest BCUT2D eigenvalue weighted by Gasteiger charge is 2.30. The molecule has 5 nitrogen and oxygen atoms in total. The van der Waals surface area contributed by atoms with Crippen LogP contribution in [0.2, 0.25) is 5.02 Å². The van der Waals surface area contributed by atoms with E-state index in [1.165, 1.54) is 12.1 Å². The van der Waals surface area contributed by atoms with Gasteiger partial charge in [-0.2, -0.15) is 0 Å². The lowest BCUT2D eigenvalue weighted by Crippen LogP contribution is -2.23. The number of aromatic carboxylic acids is 1. The SMILES string of the molecule is CC(C)(c1ccc(C=N)c(Cl)c1)c1cnc(SCc2c(F)cc(C(=O)O)cc2F)n1-c1ccc(F)cc1. The van der Waals surface area contributed by atoms with E-state index >= 15 is 0 Å². The van der Waals surface area contributed by atoms with Gasteiger partial charge in [-0.25, -0.2) is 22.9 Å². The van der Waals surface area contributed by atoms with E-state index in [4.69, 9.17) is 22.1 Å². The van der Waals surface area contributed by atoms with Gasteiger partial charge in [0.05, 0.1) is 17.5 Å². The van der Waals surface area contributed by atoms with Crippen LogP contribution in [0.4, 0.5) is 13.2 Å². The number of imidazole rings is 1. The first-order valence-corrected chi connectivity index (χ1v) is 12.4. The highest BCUT2D eigenvalue weighted by Crippen LogP contribution is 2.38. The average Bonchev–Trinajstić information content (AvgIpc) is 3.28. The highest BCUT2D eigenvalue weighted by atomic mass is 35.5. The molecule has 0 atom stereocenters. The van der Waals surface area contributed by atoms with E-state index in [9.17, 15) is 18.0 Å². The van der Waals surface area contributed by atoms with Crippen LogP contribution in [0.1, 0.15) is 46.6 Å². The molecule has 0 unspecified atom stereocenters. The van der Waals surface area contributed by atoms with Gasteiger partial charge in [0, 0.05) is 39.2 Å². The van der Waals surface area contributed by atoms with Crippen LogP contribution in [-0.4, -0.2) is 26.8 Å². The van der Waals surface area contributed by atoms with E-state index in [1.54, 1.807) is 35.0 Å². The molecule has 0 amide bonds. The summed E-state index contributed by atoms with van der Waals surface area (Å²) in [6.07, 6.45) is 2.81. The summed E-state index contributed by atoms with van der Waals surface area (Å²) < 4.78 is 44.6. The number of carbonyl (C=O) groups is 1. The summed E-state index contributed by atoms with van der Waals surface area (Å²) in [5.41, 5.74) is 1.29. The summed E-state index contributed by atoms with van der Waals surface area (Å²) in [6.45, 7) is 3.91. The Morgan fingerprint density at radius 2 is 1.76 bits per heavy atom. The molecule has 4 rings (SSSR count). The number of hydrogen-bond donors (Lipinski definition) is 2. The molecule has 2 N–H and O–H groups in total. The summed E-state index contributed by atoms with van der Waals surface area (Å²) in [5, 5.41) is 17.3. The van der Waals surface area contributed by atoms with Gasteiger partial charge >= 0.3 is 5.97 Å². The minimum absolute atomic E-state index is 0.157. The quantitative estimate of drug-likeness (QED) is 0.181. The zero-order chi connectivity index (χ0) is 26.9. The number of nitrogens with one attached hydrogen (secondary N) is 1. The van der Waals surface area contributed by atoms with E-state index in [-0.39, 0.29) is 11.3 Å². The molecular formula is C27H21ClF3N3O2S.